The number of hydrogen-bond donors (Lipinski definition) is 0. The van der Waals surface area contributed by atoms with Crippen LogP contribution in [0.1, 0.15) is 33.6 Å². The molecule has 0 unspecified atom stereocenters. The summed E-state index contributed by atoms with van der Waals surface area (Å²) in [5.74, 6) is 0.961. The summed E-state index contributed by atoms with van der Waals surface area (Å²) in [5, 5.41) is 0. The lowest BCUT2D eigenvalue weighted by Gasteiger charge is -2.54. The van der Waals surface area contributed by atoms with Crippen molar-refractivity contribution in [3.63, 3.8) is 0 Å². The summed E-state index contributed by atoms with van der Waals surface area (Å²) in [5.41, 5.74) is 0.203. The lowest BCUT2D eigenvalue weighted by atomic mass is 9.62. The second-order valence-electron chi connectivity index (χ2n) is 5.48. The van der Waals surface area contributed by atoms with Crippen LogP contribution >= 0.6 is 22.6 Å². The van der Waals surface area contributed by atoms with E-state index in [2.05, 4.69) is 49.9 Å². The van der Waals surface area contributed by atoms with Gasteiger partial charge in [0, 0.05) is 9.84 Å². The van der Waals surface area contributed by atoms with Crippen LogP contribution in [0.2, 0.25) is 0 Å². The van der Waals surface area contributed by atoms with E-state index in [-0.39, 0.29) is 11.0 Å². The lowest BCUT2D eigenvalue weighted by molar-refractivity contribution is -0.202. The largest absolute Gasteiger partial charge is 0.465 e. The van der Waals surface area contributed by atoms with Gasteiger partial charge in [-0.15, -0.1) is 0 Å². The molecule has 2 fully saturated rings. The Labute approximate surface area is 106 Å². The number of rotatable bonds is 0. The first kappa shape index (κ1) is 11.6. The Morgan fingerprint density at radius 2 is 2.07 bits per heavy atom. The van der Waals surface area contributed by atoms with Gasteiger partial charge in [0.05, 0.1) is 6.61 Å². The van der Waals surface area contributed by atoms with Crippen molar-refractivity contribution in [3.8, 4) is 0 Å². The van der Waals surface area contributed by atoms with Crippen molar-refractivity contribution in [2.75, 3.05) is 6.61 Å². The van der Waals surface area contributed by atoms with Gasteiger partial charge in [0.1, 0.15) is 5.60 Å². The van der Waals surface area contributed by atoms with Crippen molar-refractivity contribution in [2.45, 2.75) is 43.1 Å². The zero-order valence-corrected chi connectivity index (χ0v) is 11.8. The van der Waals surface area contributed by atoms with Crippen LogP contribution in [0.4, 0.5) is 0 Å². The van der Waals surface area contributed by atoms with Crippen LogP contribution in [0.15, 0.2) is 12.5 Å². The first-order valence-corrected chi connectivity index (χ1v) is 6.75. The zero-order chi connectivity index (χ0) is 11.3. The highest BCUT2D eigenvalue weighted by Gasteiger charge is 2.54. The predicted molar refractivity (Wildman–Crippen MR) is 68.9 cm³/mol. The lowest BCUT2D eigenvalue weighted by Crippen LogP contribution is -2.57. The molecule has 1 saturated heterocycles. The van der Waals surface area contributed by atoms with E-state index < -0.39 is 0 Å². The van der Waals surface area contributed by atoms with E-state index >= 15 is 0 Å². The predicted octanol–water partition coefficient (Wildman–Crippen LogP) is 3.50. The van der Waals surface area contributed by atoms with E-state index in [1.807, 2.05) is 0 Å². The Hall–Kier alpha value is 0.0700. The Bertz CT molecular complexity index is 287. The molecule has 0 aromatic rings. The Morgan fingerprint density at radius 3 is 2.73 bits per heavy atom. The highest BCUT2D eigenvalue weighted by atomic mass is 127. The van der Waals surface area contributed by atoms with Gasteiger partial charge in [-0.3, -0.25) is 0 Å². The molecule has 2 aliphatic rings. The van der Waals surface area contributed by atoms with E-state index in [0.717, 1.165) is 13.0 Å². The van der Waals surface area contributed by atoms with Crippen molar-refractivity contribution >= 4 is 22.6 Å². The second kappa shape index (κ2) is 3.54. The molecule has 2 rings (SSSR count). The smallest absolute Gasteiger partial charge is 0.272 e. The van der Waals surface area contributed by atoms with Crippen LogP contribution in [0.5, 0.6) is 0 Å². The van der Waals surface area contributed by atoms with E-state index in [9.17, 15) is 0 Å². The third-order valence-electron chi connectivity index (χ3n) is 4.09. The third kappa shape index (κ3) is 1.77. The highest BCUT2D eigenvalue weighted by Crippen LogP contribution is 2.53. The third-order valence-corrected chi connectivity index (χ3v) is 6.32. The maximum absolute atomic E-state index is 5.84. The minimum Gasteiger partial charge on any atom is -0.465 e. The van der Waals surface area contributed by atoms with Gasteiger partial charge in [-0.1, -0.05) is 36.4 Å². The molecule has 15 heavy (non-hydrogen) atoms. The average molecular weight is 322 g/mol. The summed E-state index contributed by atoms with van der Waals surface area (Å²) in [6.45, 7) is 11.4. The average Bonchev–Trinajstić information content (AvgIpc) is 2.11. The van der Waals surface area contributed by atoms with Crippen LogP contribution in [0.3, 0.4) is 0 Å². The first-order chi connectivity index (χ1) is 6.86. The van der Waals surface area contributed by atoms with Gasteiger partial charge >= 0.3 is 0 Å². The van der Waals surface area contributed by atoms with Crippen LogP contribution in [-0.4, -0.2) is 16.1 Å². The van der Waals surface area contributed by atoms with Gasteiger partial charge < -0.3 is 9.47 Å². The minimum atomic E-state index is -0.0689. The molecule has 1 saturated carbocycles. The summed E-state index contributed by atoms with van der Waals surface area (Å²) in [6.07, 6.45) is 2.32. The van der Waals surface area contributed by atoms with Gasteiger partial charge in [0.25, 0.3) is 5.95 Å². The van der Waals surface area contributed by atoms with Crippen molar-refractivity contribution in [1.82, 2.24) is 0 Å². The van der Waals surface area contributed by atoms with Crippen molar-refractivity contribution in [2.24, 2.45) is 11.3 Å². The number of ether oxygens (including phenoxy) is 2. The fourth-order valence-corrected chi connectivity index (χ4v) is 3.69. The van der Waals surface area contributed by atoms with Crippen LogP contribution in [0, 0.1) is 11.3 Å². The van der Waals surface area contributed by atoms with Crippen LogP contribution in [0.25, 0.3) is 0 Å². The number of halogens is 1. The number of hydrogen-bond acceptors (Lipinski definition) is 2. The molecule has 3 atom stereocenters. The molecular formula is C12H19IO2. The molecule has 86 valence electrons. The fraction of sp³-hybridized carbons (Fsp3) is 0.833. The molecule has 1 aliphatic carbocycles. The van der Waals surface area contributed by atoms with Crippen LogP contribution in [-0.2, 0) is 9.47 Å². The molecule has 0 N–H and O–H groups in total. The van der Waals surface area contributed by atoms with Crippen molar-refractivity contribution < 1.29 is 9.47 Å². The molecule has 0 spiro atoms. The molecule has 0 amide bonds. The molecule has 1 heterocycles. The van der Waals surface area contributed by atoms with Gasteiger partial charge in [-0.05, 0) is 31.8 Å². The highest BCUT2D eigenvalue weighted by molar-refractivity contribution is 14.1. The Morgan fingerprint density at radius 1 is 1.40 bits per heavy atom. The van der Waals surface area contributed by atoms with Gasteiger partial charge in [0.2, 0.25) is 0 Å². The maximum atomic E-state index is 5.84. The molecule has 0 aromatic heterocycles. The van der Waals surface area contributed by atoms with E-state index in [4.69, 9.17) is 9.47 Å². The monoisotopic (exact) mass is 322 g/mol. The van der Waals surface area contributed by atoms with Gasteiger partial charge in [0.15, 0.2) is 0 Å². The summed E-state index contributed by atoms with van der Waals surface area (Å²) in [4.78, 5) is 0. The molecule has 0 bridgehead atoms. The van der Waals surface area contributed by atoms with E-state index in [0.29, 0.717) is 15.8 Å². The zero-order valence-electron chi connectivity index (χ0n) is 9.68. The summed E-state index contributed by atoms with van der Waals surface area (Å²) < 4.78 is 12.0. The summed E-state index contributed by atoms with van der Waals surface area (Å²) >= 11 is 2.57. The molecule has 0 radical (unpaired) electrons. The van der Waals surface area contributed by atoms with Crippen molar-refractivity contribution in [3.05, 3.63) is 12.5 Å². The molecular weight excluding hydrogens is 303 g/mol. The number of alkyl halides is 1. The Balaban J connectivity index is 2.29. The minimum absolute atomic E-state index is 0.0689. The SMILES string of the molecule is C=C1OC[C@@H]2C(C)(C)[C@@H](I)CC[C@]2(C)O1. The Kier molecular flexibility index (Phi) is 2.72. The van der Waals surface area contributed by atoms with E-state index in [1.54, 1.807) is 0 Å². The quantitative estimate of drug-likeness (QED) is 0.502. The van der Waals surface area contributed by atoms with Crippen molar-refractivity contribution in [1.29, 1.82) is 0 Å². The summed E-state index contributed by atoms with van der Waals surface area (Å²) in [6, 6.07) is 0. The normalized spacial score (nSPS) is 43.9. The molecule has 0 aromatic carbocycles. The van der Waals surface area contributed by atoms with Gasteiger partial charge in [-0.2, -0.15) is 0 Å². The number of fused-ring (bicyclic) bond motifs is 1. The topological polar surface area (TPSA) is 18.5 Å². The molecule has 2 nitrogen and oxygen atoms in total. The molecule has 3 heteroatoms. The standard InChI is InChI=1S/C12H19IO2/c1-8-14-7-9-11(2,3)10(13)5-6-12(9,4)15-8/h9-10H,1,5-7H2,2-4H3/t9-,10+,12+/m1/s1. The van der Waals surface area contributed by atoms with Gasteiger partial charge in [-0.25, -0.2) is 0 Å². The van der Waals surface area contributed by atoms with Crippen LogP contribution < -0.4 is 0 Å². The second-order valence-corrected chi connectivity index (χ2v) is 6.98. The molecule has 1 aliphatic heterocycles. The fourth-order valence-electron chi connectivity index (χ4n) is 2.94. The maximum Gasteiger partial charge on any atom is 0.272 e. The summed E-state index contributed by atoms with van der Waals surface area (Å²) in [7, 11) is 0. The van der Waals surface area contributed by atoms with E-state index in [1.165, 1.54) is 6.42 Å². The first-order valence-electron chi connectivity index (χ1n) is 5.51.